The van der Waals surface area contributed by atoms with E-state index in [1.807, 2.05) is 0 Å². The maximum absolute atomic E-state index is 16.1. The Labute approximate surface area is 407 Å². The van der Waals surface area contributed by atoms with Crippen LogP contribution in [0.15, 0.2) is 84.2 Å². The van der Waals surface area contributed by atoms with Gasteiger partial charge < -0.3 is 58.8 Å². The number of ketones is 1. The number of aromatic nitrogens is 2. The van der Waals surface area contributed by atoms with Crippen LogP contribution in [-0.2, 0) is 63.7 Å². The molecule has 11 atom stereocenters. The van der Waals surface area contributed by atoms with Gasteiger partial charge in [0.2, 0.25) is 5.91 Å². The van der Waals surface area contributed by atoms with Gasteiger partial charge in [-0.2, -0.15) is 0 Å². The second-order valence-corrected chi connectivity index (χ2v) is 18.9. The first kappa shape index (κ1) is 51.8. The van der Waals surface area contributed by atoms with Crippen molar-refractivity contribution in [2.24, 2.45) is 16.7 Å². The number of imidazole rings is 1. The van der Waals surface area contributed by atoms with Crippen molar-refractivity contribution in [2.75, 3.05) is 13.2 Å². The van der Waals surface area contributed by atoms with E-state index in [9.17, 15) is 49.1 Å². The summed E-state index contributed by atoms with van der Waals surface area (Å²) in [5, 5.41) is 39.5. The Hall–Kier alpha value is -7.04. The molecule has 1 amide bonds. The third-order valence-corrected chi connectivity index (χ3v) is 14.3. The van der Waals surface area contributed by atoms with Crippen LogP contribution in [0.5, 0.6) is 0 Å². The van der Waals surface area contributed by atoms with E-state index in [1.54, 1.807) is 48.5 Å². The molecule has 7 rings (SSSR count). The van der Waals surface area contributed by atoms with Gasteiger partial charge in [-0.05, 0) is 47.6 Å². The molecular formula is C49H56N4O18. The molecule has 1 saturated heterocycles. The average molecular weight is 989 g/mol. The lowest BCUT2D eigenvalue weighted by Crippen LogP contribution is -2.82. The first-order valence-corrected chi connectivity index (χ1v) is 22.9. The van der Waals surface area contributed by atoms with Crippen molar-refractivity contribution >= 4 is 47.7 Å². The quantitative estimate of drug-likeness (QED) is 0.0487. The van der Waals surface area contributed by atoms with Gasteiger partial charge in [0.05, 0.1) is 42.7 Å². The highest BCUT2D eigenvalue weighted by Gasteiger charge is 2.79. The zero-order chi connectivity index (χ0) is 51.8. The molecule has 3 aromatic rings. The van der Waals surface area contributed by atoms with Crippen molar-refractivity contribution in [3.63, 3.8) is 0 Å². The van der Waals surface area contributed by atoms with Crippen LogP contribution in [0.4, 0.5) is 10.7 Å². The van der Waals surface area contributed by atoms with Crippen LogP contribution in [0.25, 0.3) is 0 Å². The molecule has 2 saturated carbocycles. The monoisotopic (exact) mass is 988 g/mol. The second-order valence-electron chi connectivity index (χ2n) is 18.9. The van der Waals surface area contributed by atoms with Crippen LogP contribution < -0.4 is 5.32 Å². The lowest BCUT2D eigenvalue weighted by atomic mass is 9.44. The molecule has 22 nitrogen and oxygen atoms in total. The maximum Gasteiger partial charge on any atom is 0.508 e. The number of Topliss-reactive ketones (excluding diaryl/α,β-unsaturated/α-hetero) is 1. The van der Waals surface area contributed by atoms with Crippen molar-refractivity contribution in [3.05, 3.63) is 105 Å². The number of aryl methyl sites for hydroxylation is 1. The molecule has 71 heavy (non-hydrogen) atoms. The highest BCUT2D eigenvalue weighted by molar-refractivity contribution is 5.96. The molecule has 3 aliphatic carbocycles. The zero-order valence-corrected chi connectivity index (χ0v) is 40.1. The summed E-state index contributed by atoms with van der Waals surface area (Å²) < 4.78 is 43.3. The lowest BCUT2D eigenvalue weighted by Gasteiger charge is -2.67. The third kappa shape index (κ3) is 9.50. The van der Waals surface area contributed by atoms with Gasteiger partial charge in [0.1, 0.15) is 42.4 Å². The molecule has 3 fully saturated rings. The SMILES string of the molecule is CC(=O)N[C@@H](c1ccccc1)[C@@H](O)C(=O)O[C@H]1C[C@@]2(O)[C@@H](OC(=O)c3ccccc3)[C@@H]3[C@]4(OC(C)=O)CO[C@@H]4C[C@H](OC(=O)OCCCn4ccnc4[N+](=O)[O-])[C@@]3(C)C(=O)[C@H](OC(C)=O)C(=C1C)C2(C)C. The number of rotatable bonds is 15. The van der Waals surface area contributed by atoms with Crippen LogP contribution in [-0.4, -0.2) is 127 Å². The number of carbonyl (C=O) groups is 7. The van der Waals surface area contributed by atoms with E-state index in [2.05, 4.69) is 10.3 Å². The Morgan fingerprint density at radius 1 is 0.958 bits per heavy atom. The maximum atomic E-state index is 16.1. The number of aliphatic hydroxyl groups excluding tert-OH is 1. The molecule has 2 heterocycles. The van der Waals surface area contributed by atoms with E-state index in [0.717, 1.165) is 13.8 Å². The predicted octanol–water partition coefficient (Wildman–Crippen LogP) is 3.80. The van der Waals surface area contributed by atoms with Crippen molar-refractivity contribution in [3.8, 4) is 0 Å². The number of nitrogens with one attached hydrogen (secondary N) is 1. The highest BCUT2D eigenvalue weighted by Crippen LogP contribution is 2.65. The minimum absolute atomic E-state index is 0.00303. The molecule has 4 aliphatic rings. The van der Waals surface area contributed by atoms with Gasteiger partial charge in [0, 0.05) is 45.4 Å². The minimum atomic E-state index is -2.52. The molecule has 1 aliphatic heterocycles. The lowest BCUT2D eigenvalue weighted by molar-refractivity contribution is -0.396. The number of nitrogens with zero attached hydrogens (tertiary/aromatic N) is 3. The summed E-state index contributed by atoms with van der Waals surface area (Å²) >= 11 is 0. The number of esters is 4. The Balaban J connectivity index is 1.37. The van der Waals surface area contributed by atoms with Gasteiger partial charge in [-0.15, -0.1) is 0 Å². The molecule has 2 aromatic carbocycles. The van der Waals surface area contributed by atoms with E-state index in [4.69, 9.17) is 33.2 Å². The largest absolute Gasteiger partial charge is 0.508 e. The average Bonchev–Trinajstić information content (AvgIpc) is 3.79. The Morgan fingerprint density at radius 3 is 2.21 bits per heavy atom. The van der Waals surface area contributed by atoms with Gasteiger partial charge in [0.25, 0.3) is 0 Å². The second kappa shape index (κ2) is 20.0. The highest BCUT2D eigenvalue weighted by atomic mass is 16.7. The number of fused-ring (bicyclic) bond motifs is 5. The van der Waals surface area contributed by atoms with E-state index in [-0.39, 0.29) is 42.7 Å². The number of hydrogen-bond donors (Lipinski definition) is 3. The summed E-state index contributed by atoms with van der Waals surface area (Å²) in [5.41, 5.74) is -8.13. The van der Waals surface area contributed by atoms with Crippen LogP contribution in [0.2, 0.25) is 0 Å². The minimum Gasteiger partial charge on any atom is -0.456 e. The van der Waals surface area contributed by atoms with Crippen molar-refractivity contribution < 1.29 is 81.9 Å². The smallest absolute Gasteiger partial charge is 0.456 e. The number of benzene rings is 2. The number of aliphatic hydroxyl groups is 2. The van der Waals surface area contributed by atoms with Crippen LogP contribution >= 0.6 is 0 Å². The number of amides is 1. The van der Waals surface area contributed by atoms with Gasteiger partial charge >= 0.3 is 36.0 Å². The Bertz CT molecular complexity index is 2620. The number of ether oxygens (including phenoxy) is 7. The molecule has 1 aromatic heterocycles. The van der Waals surface area contributed by atoms with Crippen molar-refractivity contribution in [1.29, 1.82) is 0 Å². The first-order valence-electron chi connectivity index (χ1n) is 22.9. The molecule has 0 unspecified atom stereocenters. The van der Waals surface area contributed by atoms with Crippen LogP contribution in [0.3, 0.4) is 0 Å². The molecular weight excluding hydrogens is 933 g/mol. The molecule has 3 N–H and O–H groups in total. The number of hydrogen-bond acceptors (Lipinski definition) is 19. The molecule has 380 valence electrons. The fourth-order valence-electron chi connectivity index (χ4n) is 10.9. The fraction of sp³-hybridized carbons (Fsp3) is 0.510. The summed E-state index contributed by atoms with van der Waals surface area (Å²) in [7, 11) is 0. The molecule has 2 bridgehead atoms. The first-order chi connectivity index (χ1) is 33.5. The van der Waals surface area contributed by atoms with Gasteiger partial charge in [-0.25, -0.2) is 19.0 Å². The van der Waals surface area contributed by atoms with E-state index < -0.39 is 136 Å². The van der Waals surface area contributed by atoms with Gasteiger partial charge in [-0.1, -0.05) is 67.4 Å². The van der Waals surface area contributed by atoms with E-state index in [1.165, 1.54) is 63.7 Å². The molecule has 0 radical (unpaired) electrons. The predicted molar refractivity (Wildman–Crippen MR) is 241 cm³/mol. The summed E-state index contributed by atoms with van der Waals surface area (Å²) in [4.78, 5) is 112. The van der Waals surface area contributed by atoms with Crippen LogP contribution in [0, 0.1) is 26.9 Å². The normalized spacial score (nSPS) is 29.2. The van der Waals surface area contributed by atoms with E-state index in [0.29, 0.717) is 5.56 Å². The number of carbonyl (C=O) groups excluding carboxylic acids is 7. The zero-order valence-electron chi connectivity index (χ0n) is 40.1. The van der Waals surface area contributed by atoms with E-state index >= 15 is 4.79 Å². The summed E-state index contributed by atoms with van der Waals surface area (Å²) in [5.74, 6) is -7.84. The Kier molecular flexibility index (Phi) is 14.6. The van der Waals surface area contributed by atoms with Gasteiger partial charge in [-0.3, -0.25) is 19.2 Å². The van der Waals surface area contributed by atoms with Crippen molar-refractivity contribution in [1.82, 2.24) is 14.9 Å². The van der Waals surface area contributed by atoms with Crippen molar-refractivity contribution in [2.45, 2.75) is 128 Å². The topological polar surface area (TPSA) is 298 Å². The molecule has 0 spiro atoms. The molecule has 22 heteroatoms. The third-order valence-electron chi connectivity index (χ3n) is 14.3. The standard InChI is InChI=1S/C49H56N4O18/c1-26-32(68-43(60)37(57)36(51-27(2)54)30-15-10-8-11-16-30)24-49(62)41(70-42(59)31-17-12-9-13-18-31)39-47(7,40(58)38(67-28(3)55)35(26)46(49,5)6)33(23-34-48(39,25-66-34)71-29(4)56)69-45(61)65-22-14-20-52-21-19-50-44(52)53(63)64/h8-13,15-19,21,32-34,36-39,41,57,62H,14,20,22-25H2,1-7H3,(H,51,54)/t32-,33-,34+,36-,37+,38+,39-,41-,47+,48-,49+/m0/s1. The Morgan fingerprint density at radius 2 is 1.62 bits per heavy atom. The van der Waals surface area contributed by atoms with Gasteiger partial charge in [0.15, 0.2) is 23.6 Å². The summed E-state index contributed by atoms with van der Waals surface area (Å²) in [6.07, 6.45) is -9.97. The summed E-state index contributed by atoms with van der Waals surface area (Å²) in [6.45, 7) is 8.44. The fourth-order valence-corrected chi connectivity index (χ4v) is 10.9. The number of nitro groups is 1. The van der Waals surface area contributed by atoms with Crippen LogP contribution in [0.1, 0.15) is 89.7 Å². The summed E-state index contributed by atoms with van der Waals surface area (Å²) in [6, 6.07) is 14.4.